The lowest BCUT2D eigenvalue weighted by Crippen LogP contribution is -2.47. The fraction of sp³-hybridized carbons (Fsp3) is 0.667. The van der Waals surface area contributed by atoms with Crippen molar-refractivity contribution in [1.29, 1.82) is 0 Å². The molecule has 6 nitrogen and oxygen atoms in total. The molecule has 1 aliphatic heterocycles. The first-order valence-corrected chi connectivity index (χ1v) is 6.00. The van der Waals surface area contributed by atoms with Crippen molar-refractivity contribution < 1.29 is 14.6 Å². The number of hydrogen-bond donors (Lipinski definition) is 2. The highest BCUT2D eigenvalue weighted by atomic mass is 16.5. The molecule has 2 unspecified atom stereocenters. The lowest BCUT2D eigenvalue weighted by atomic mass is 9.80. The number of methoxy groups -OCH3 is 2. The van der Waals surface area contributed by atoms with Gasteiger partial charge in [0.2, 0.25) is 11.8 Å². The van der Waals surface area contributed by atoms with Gasteiger partial charge in [0.1, 0.15) is 11.3 Å². The molecule has 18 heavy (non-hydrogen) atoms. The second-order valence-electron chi connectivity index (χ2n) is 4.55. The molecule has 1 aromatic heterocycles. The smallest absolute Gasteiger partial charge is 0.241 e. The van der Waals surface area contributed by atoms with Crippen molar-refractivity contribution in [3.8, 4) is 11.8 Å². The van der Waals surface area contributed by atoms with Crippen LogP contribution in [-0.4, -0.2) is 42.4 Å². The maximum Gasteiger partial charge on any atom is 0.241 e. The number of piperidine rings is 1. The first-order valence-electron chi connectivity index (χ1n) is 6.00. The first-order chi connectivity index (χ1) is 8.61. The van der Waals surface area contributed by atoms with Crippen molar-refractivity contribution in [1.82, 2.24) is 15.3 Å². The van der Waals surface area contributed by atoms with Gasteiger partial charge in [-0.25, -0.2) is 4.98 Å². The number of aliphatic hydroxyl groups is 1. The summed E-state index contributed by atoms with van der Waals surface area (Å²) in [6.45, 7) is 3.47. The third-order valence-electron chi connectivity index (χ3n) is 3.48. The summed E-state index contributed by atoms with van der Waals surface area (Å²) in [5.41, 5.74) is -0.518. The molecule has 0 aromatic carbocycles. The maximum absolute atomic E-state index is 10.8. The summed E-state index contributed by atoms with van der Waals surface area (Å²) < 4.78 is 10.2. The summed E-state index contributed by atoms with van der Waals surface area (Å²) in [6, 6.07) is 0. The number of hydrogen-bond acceptors (Lipinski definition) is 6. The molecule has 100 valence electrons. The second kappa shape index (κ2) is 5.07. The Balaban J connectivity index is 2.42. The molecule has 0 aliphatic carbocycles. The highest BCUT2D eigenvalue weighted by Gasteiger charge is 2.42. The maximum atomic E-state index is 10.8. The number of rotatable bonds is 3. The molecule has 1 saturated heterocycles. The normalized spacial score (nSPS) is 27.9. The van der Waals surface area contributed by atoms with E-state index in [1.807, 2.05) is 6.92 Å². The van der Waals surface area contributed by atoms with Crippen LogP contribution in [0.2, 0.25) is 0 Å². The lowest BCUT2D eigenvalue weighted by Gasteiger charge is -2.38. The molecule has 0 radical (unpaired) electrons. The molecule has 2 atom stereocenters. The van der Waals surface area contributed by atoms with Crippen LogP contribution in [0.4, 0.5) is 0 Å². The molecule has 1 aromatic rings. The molecule has 2 heterocycles. The molecule has 1 aliphatic rings. The van der Waals surface area contributed by atoms with Gasteiger partial charge in [-0.05, 0) is 13.0 Å². The molecule has 2 rings (SSSR count). The van der Waals surface area contributed by atoms with Crippen LogP contribution in [0.1, 0.15) is 19.0 Å². The van der Waals surface area contributed by atoms with E-state index in [0.29, 0.717) is 23.9 Å². The number of nitrogens with one attached hydrogen (secondary N) is 1. The number of ether oxygens (including phenoxy) is 2. The molecule has 0 bridgehead atoms. The molecule has 0 saturated carbocycles. The predicted molar refractivity (Wildman–Crippen MR) is 65.7 cm³/mol. The van der Waals surface area contributed by atoms with Crippen LogP contribution >= 0.6 is 0 Å². The molecular weight excluding hydrogens is 234 g/mol. The van der Waals surface area contributed by atoms with Gasteiger partial charge >= 0.3 is 0 Å². The van der Waals surface area contributed by atoms with Crippen LogP contribution in [-0.2, 0) is 5.60 Å². The van der Waals surface area contributed by atoms with Crippen molar-refractivity contribution in [3.63, 3.8) is 0 Å². The van der Waals surface area contributed by atoms with E-state index < -0.39 is 5.60 Å². The highest BCUT2D eigenvalue weighted by Crippen LogP contribution is 2.38. The second-order valence-corrected chi connectivity index (χ2v) is 4.55. The van der Waals surface area contributed by atoms with E-state index >= 15 is 0 Å². The van der Waals surface area contributed by atoms with Gasteiger partial charge < -0.3 is 19.9 Å². The fourth-order valence-corrected chi connectivity index (χ4v) is 2.26. The summed E-state index contributed by atoms with van der Waals surface area (Å²) in [7, 11) is 3.03. The average molecular weight is 253 g/mol. The van der Waals surface area contributed by atoms with E-state index in [1.165, 1.54) is 20.4 Å². The van der Waals surface area contributed by atoms with E-state index in [2.05, 4.69) is 15.3 Å². The van der Waals surface area contributed by atoms with Crippen LogP contribution in [0.25, 0.3) is 0 Å². The summed E-state index contributed by atoms with van der Waals surface area (Å²) in [5.74, 6) is 0.745. The van der Waals surface area contributed by atoms with Crippen molar-refractivity contribution in [2.24, 2.45) is 5.92 Å². The van der Waals surface area contributed by atoms with E-state index in [-0.39, 0.29) is 5.92 Å². The third kappa shape index (κ3) is 2.13. The Hall–Kier alpha value is -1.40. The average Bonchev–Trinajstić information content (AvgIpc) is 2.41. The molecule has 1 fully saturated rings. The van der Waals surface area contributed by atoms with Gasteiger partial charge in [-0.2, -0.15) is 4.98 Å². The zero-order valence-electron chi connectivity index (χ0n) is 10.9. The third-order valence-corrected chi connectivity index (χ3v) is 3.48. The largest absolute Gasteiger partial charge is 0.480 e. The van der Waals surface area contributed by atoms with Gasteiger partial charge in [-0.1, -0.05) is 6.92 Å². The minimum atomic E-state index is -1.00. The van der Waals surface area contributed by atoms with Crippen LogP contribution in [0, 0.1) is 5.92 Å². The van der Waals surface area contributed by atoms with Crippen molar-refractivity contribution in [2.75, 3.05) is 27.3 Å². The van der Waals surface area contributed by atoms with Crippen LogP contribution in [0.15, 0.2) is 6.20 Å². The number of nitrogens with zero attached hydrogens (tertiary/aromatic N) is 2. The van der Waals surface area contributed by atoms with E-state index in [0.717, 1.165) is 13.1 Å². The standard InChI is InChI=1S/C12H19N3O3/c1-8-6-13-5-4-12(8,16)10-11(18-3)15-9(17-2)7-14-10/h7-8,13,16H,4-6H2,1-3H3. The summed E-state index contributed by atoms with van der Waals surface area (Å²) >= 11 is 0. The fourth-order valence-electron chi connectivity index (χ4n) is 2.26. The van der Waals surface area contributed by atoms with Crippen LogP contribution in [0.5, 0.6) is 11.8 Å². The van der Waals surface area contributed by atoms with Gasteiger partial charge in [-0.3, -0.25) is 0 Å². The Bertz CT molecular complexity index is 427. The first kappa shape index (κ1) is 13.0. The topological polar surface area (TPSA) is 76.5 Å². The summed E-state index contributed by atoms with van der Waals surface area (Å²) in [6.07, 6.45) is 2.09. The Morgan fingerprint density at radius 2 is 2.22 bits per heavy atom. The zero-order chi connectivity index (χ0) is 13.2. The van der Waals surface area contributed by atoms with Crippen LogP contribution in [0.3, 0.4) is 0 Å². The Morgan fingerprint density at radius 3 is 2.83 bits per heavy atom. The SMILES string of the molecule is COc1cnc(C2(O)CCNCC2C)c(OC)n1. The monoisotopic (exact) mass is 253 g/mol. The Labute approximate surface area is 106 Å². The molecule has 6 heteroatoms. The van der Waals surface area contributed by atoms with E-state index in [1.54, 1.807) is 0 Å². The molecule has 0 amide bonds. The van der Waals surface area contributed by atoms with E-state index in [9.17, 15) is 5.11 Å². The Kier molecular flexibility index (Phi) is 3.68. The molecule has 2 N–H and O–H groups in total. The number of aromatic nitrogens is 2. The van der Waals surface area contributed by atoms with Crippen molar-refractivity contribution >= 4 is 0 Å². The van der Waals surface area contributed by atoms with Crippen molar-refractivity contribution in [2.45, 2.75) is 18.9 Å². The van der Waals surface area contributed by atoms with Gasteiger partial charge in [0, 0.05) is 12.5 Å². The highest BCUT2D eigenvalue weighted by molar-refractivity contribution is 5.29. The van der Waals surface area contributed by atoms with Gasteiger partial charge in [0.05, 0.1) is 20.4 Å². The zero-order valence-corrected chi connectivity index (χ0v) is 10.9. The Morgan fingerprint density at radius 1 is 1.44 bits per heavy atom. The van der Waals surface area contributed by atoms with Crippen LogP contribution < -0.4 is 14.8 Å². The van der Waals surface area contributed by atoms with Gasteiger partial charge in [0.15, 0.2) is 0 Å². The lowest BCUT2D eigenvalue weighted by molar-refractivity contribution is -0.0452. The van der Waals surface area contributed by atoms with E-state index in [4.69, 9.17) is 9.47 Å². The predicted octanol–water partition coefficient (Wildman–Crippen LogP) is 0.311. The minimum Gasteiger partial charge on any atom is -0.480 e. The summed E-state index contributed by atoms with van der Waals surface area (Å²) in [5, 5.41) is 14.1. The molecular formula is C12H19N3O3. The summed E-state index contributed by atoms with van der Waals surface area (Å²) in [4.78, 5) is 8.45. The van der Waals surface area contributed by atoms with Gasteiger partial charge in [-0.15, -0.1) is 0 Å². The minimum absolute atomic E-state index is 0.0443. The molecule has 0 spiro atoms. The van der Waals surface area contributed by atoms with Gasteiger partial charge in [0.25, 0.3) is 0 Å². The quantitative estimate of drug-likeness (QED) is 0.807. The van der Waals surface area contributed by atoms with Crippen molar-refractivity contribution in [3.05, 3.63) is 11.9 Å².